The fourth-order valence-electron chi connectivity index (χ4n) is 1.96. The van der Waals surface area contributed by atoms with Gasteiger partial charge in [-0.2, -0.15) is 5.10 Å². The van der Waals surface area contributed by atoms with E-state index in [0.717, 1.165) is 23.0 Å². The summed E-state index contributed by atoms with van der Waals surface area (Å²) in [6.45, 7) is 4.55. The van der Waals surface area contributed by atoms with E-state index < -0.39 is 0 Å². The predicted molar refractivity (Wildman–Crippen MR) is 85.7 cm³/mol. The summed E-state index contributed by atoms with van der Waals surface area (Å²) in [5.41, 5.74) is 2.17. The maximum atomic E-state index is 12.2. The maximum Gasteiger partial charge on any atom is 0.237 e. The van der Waals surface area contributed by atoms with Crippen molar-refractivity contribution < 1.29 is 4.79 Å². The summed E-state index contributed by atoms with van der Waals surface area (Å²) in [5, 5.41) is 7.21. The van der Waals surface area contributed by atoms with Gasteiger partial charge in [0.15, 0.2) is 0 Å². The molecule has 0 bridgehead atoms. The van der Waals surface area contributed by atoms with Gasteiger partial charge in [0.25, 0.3) is 0 Å². The Kier molecular flexibility index (Phi) is 5.80. The summed E-state index contributed by atoms with van der Waals surface area (Å²) < 4.78 is 1.83. The topological polar surface area (TPSA) is 50.2 Å². The fraction of sp³-hybridized carbons (Fsp3) is 0.692. The highest BCUT2D eigenvalue weighted by atomic mass is 32.2. The van der Waals surface area contributed by atoms with Crippen molar-refractivity contribution in [1.82, 2.24) is 20.0 Å². The van der Waals surface area contributed by atoms with Crippen molar-refractivity contribution in [3.63, 3.8) is 0 Å². The molecule has 1 aliphatic rings. The van der Waals surface area contributed by atoms with E-state index in [-0.39, 0.29) is 11.9 Å². The lowest BCUT2D eigenvalue weighted by atomic mass is 10.2. The van der Waals surface area contributed by atoms with E-state index in [2.05, 4.69) is 15.3 Å². The van der Waals surface area contributed by atoms with Crippen LogP contribution in [0.4, 0.5) is 0 Å². The van der Waals surface area contributed by atoms with Crippen LogP contribution in [0.5, 0.6) is 0 Å². The number of carbonyl (C=O) groups is 1. The molecule has 1 aromatic rings. The molecule has 1 amide bonds. The SMILES string of the molecule is Cc1c(CNC(=O)C(C)N2CSCCSC2)cnn1C. The van der Waals surface area contributed by atoms with Crippen LogP contribution in [0.15, 0.2) is 6.20 Å². The highest BCUT2D eigenvalue weighted by Gasteiger charge is 2.22. The van der Waals surface area contributed by atoms with E-state index in [4.69, 9.17) is 0 Å². The quantitative estimate of drug-likeness (QED) is 0.911. The van der Waals surface area contributed by atoms with Crippen molar-refractivity contribution in [2.75, 3.05) is 23.3 Å². The Morgan fingerprint density at radius 1 is 1.45 bits per heavy atom. The van der Waals surface area contributed by atoms with Crippen molar-refractivity contribution in [1.29, 1.82) is 0 Å². The summed E-state index contributed by atoms with van der Waals surface area (Å²) in [4.78, 5) is 14.5. The molecule has 0 spiro atoms. The van der Waals surface area contributed by atoms with Crippen LogP contribution >= 0.6 is 23.5 Å². The van der Waals surface area contributed by atoms with Gasteiger partial charge in [-0.25, -0.2) is 0 Å². The first kappa shape index (κ1) is 15.7. The van der Waals surface area contributed by atoms with E-state index in [1.807, 2.05) is 55.3 Å². The molecule has 1 saturated heterocycles. The minimum Gasteiger partial charge on any atom is -0.351 e. The van der Waals surface area contributed by atoms with Crippen molar-refractivity contribution in [2.45, 2.75) is 26.4 Å². The van der Waals surface area contributed by atoms with Gasteiger partial charge in [0.05, 0.1) is 12.2 Å². The van der Waals surface area contributed by atoms with E-state index in [1.165, 1.54) is 11.5 Å². The Hall–Kier alpha value is -0.660. The summed E-state index contributed by atoms with van der Waals surface area (Å²) in [5.74, 6) is 4.31. The largest absolute Gasteiger partial charge is 0.351 e. The molecule has 7 heteroatoms. The van der Waals surface area contributed by atoms with Crippen LogP contribution in [0.3, 0.4) is 0 Å². The molecular weight excluding hydrogens is 292 g/mol. The van der Waals surface area contributed by atoms with Crippen LogP contribution < -0.4 is 5.32 Å². The number of nitrogens with one attached hydrogen (secondary N) is 1. The summed E-state index contributed by atoms with van der Waals surface area (Å²) in [6, 6.07) is -0.0786. The minimum absolute atomic E-state index is 0.0786. The van der Waals surface area contributed by atoms with Crippen molar-refractivity contribution in [3.8, 4) is 0 Å². The molecule has 2 heterocycles. The van der Waals surface area contributed by atoms with Gasteiger partial charge in [0, 0.05) is 48.1 Å². The third kappa shape index (κ3) is 3.93. The maximum absolute atomic E-state index is 12.2. The number of aryl methyl sites for hydroxylation is 1. The molecule has 20 heavy (non-hydrogen) atoms. The molecule has 1 N–H and O–H groups in total. The standard InChI is InChI=1S/C13H22N4OS2/c1-10-12(7-15-16(10)3)6-14-13(18)11(2)17-8-19-4-5-20-9-17/h7,11H,4-6,8-9H2,1-3H3,(H,14,18). The molecule has 0 saturated carbocycles. The Balaban J connectivity index is 1.85. The van der Waals surface area contributed by atoms with Gasteiger partial charge in [-0.05, 0) is 13.8 Å². The van der Waals surface area contributed by atoms with Crippen LogP contribution in [0.25, 0.3) is 0 Å². The smallest absolute Gasteiger partial charge is 0.237 e. The van der Waals surface area contributed by atoms with E-state index in [9.17, 15) is 4.79 Å². The number of aromatic nitrogens is 2. The van der Waals surface area contributed by atoms with Gasteiger partial charge in [-0.3, -0.25) is 14.4 Å². The Morgan fingerprint density at radius 3 is 2.65 bits per heavy atom. The second kappa shape index (κ2) is 7.38. The van der Waals surface area contributed by atoms with Gasteiger partial charge in [-0.15, -0.1) is 23.5 Å². The summed E-state index contributed by atoms with van der Waals surface area (Å²) in [7, 11) is 1.91. The Labute approximate surface area is 128 Å². The zero-order valence-electron chi connectivity index (χ0n) is 12.3. The van der Waals surface area contributed by atoms with Gasteiger partial charge in [-0.1, -0.05) is 0 Å². The van der Waals surface area contributed by atoms with Crippen molar-refractivity contribution >= 4 is 29.4 Å². The first-order chi connectivity index (χ1) is 9.59. The third-order valence-corrected chi connectivity index (χ3v) is 5.88. The molecule has 5 nitrogen and oxygen atoms in total. The normalized spacial score (nSPS) is 18.6. The molecular formula is C13H22N4OS2. The minimum atomic E-state index is -0.0786. The second-order valence-electron chi connectivity index (χ2n) is 4.94. The highest BCUT2D eigenvalue weighted by Crippen LogP contribution is 2.19. The highest BCUT2D eigenvalue weighted by molar-refractivity contribution is 8.03. The molecule has 2 rings (SSSR count). The Bertz CT molecular complexity index is 455. The Morgan fingerprint density at radius 2 is 2.10 bits per heavy atom. The molecule has 1 aliphatic heterocycles. The van der Waals surface area contributed by atoms with Gasteiger partial charge in [0.2, 0.25) is 5.91 Å². The molecule has 0 aliphatic carbocycles. The lowest BCUT2D eigenvalue weighted by Gasteiger charge is -2.25. The van der Waals surface area contributed by atoms with Gasteiger partial charge >= 0.3 is 0 Å². The van der Waals surface area contributed by atoms with E-state index >= 15 is 0 Å². The molecule has 0 aromatic carbocycles. The van der Waals surface area contributed by atoms with Crippen LogP contribution in [0, 0.1) is 6.92 Å². The zero-order valence-corrected chi connectivity index (χ0v) is 13.9. The van der Waals surface area contributed by atoms with E-state index in [1.54, 1.807) is 0 Å². The van der Waals surface area contributed by atoms with Crippen LogP contribution in [-0.2, 0) is 18.4 Å². The number of amides is 1. The van der Waals surface area contributed by atoms with E-state index in [0.29, 0.717) is 6.54 Å². The van der Waals surface area contributed by atoms with Crippen LogP contribution in [0.2, 0.25) is 0 Å². The molecule has 1 atom stereocenters. The average molecular weight is 314 g/mol. The molecule has 1 fully saturated rings. The first-order valence-corrected chi connectivity index (χ1v) is 9.05. The number of carbonyl (C=O) groups excluding carboxylic acids is 1. The molecule has 1 aromatic heterocycles. The predicted octanol–water partition coefficient (Wildman–Crippen LogP) is 1.43. The molecule has 112 valence electrons. The van der Waals surface area contributed by atoms with Gasteiger partial charge < -0.3 is 5.32 Å². The summed E-state index contributed by atoms with van der Waals surface area (Å²) in [6.07, 6.45) is 1.82. The lowest BCUT2D eigenvalue weighted by Crippen LogP contribution is -2.44. The van der Waals surface area contributed by atoms with Crippen molar-refractivity contribution in [2.24, 2.45) is 7.05 Å². The lowest BCUT2D eigenvalue weighted by molar-refractivity contribution is -0.125. The number of rotatable bonds is 4. The number of hydrogen-bond acceptors (Lipinski definition) is 5. The number of thioether (sulfide) groups is 2. The van der Waals surface area contributed by atoms with Crippen LogP contribution in [0.1, 0.15) is 18.2 Å². The van der Waals surface area contributed by atoms with Gasteiger partial charge in [0.1, 0.15) is 0 Å². The van der Waals surface area contributed by atoms with Crippen LogP contribution in [-0.4, -0.2) is 49.9 Å². The second-order valence-corrected chi connectivity index (χ2v) is 7.09. The summed E-state index contributed by atoms with van der Waals surface area (Å²) >= 11 is 3.80. The fourth-order valence-corrected chi connectivity index (χ4v) is 4.37. The monoisotopic (exact) mass is 314 g/mol. The average Bonchev–Trinajstić information content (AvgIpc) is 2.67. The van der Waals surface area contributed by atoms with Crippen molar-refractivity contribution in [3.05, 3.63) is 17.5 Å². The zero-order chi connectivity index (χ0) is 14.5. The first-order valence-electron chi connectivity index (χ1n) is 6.74. The molecule has 1 unspecified atom stereocenters. The molecule has 0 radical (unpaired) electrons. The number of hydrogen-bond donors (Lipinski definition) is 1. The third-order valence-electron chi connectivity index (χ3n) is 3.60. The number of nitrogens with zero attached hydrogens (tertiary/aromatic N) is 3.